The van der Waals surface area contributed by atoms with E-state index >= 15 is 0 Å². The Balaban J connectivity index is 2.07. The lowest BCUT2D eigenvalue weighted by Gasteiger charge is -2.40. The summed E-state index contributed by atoms with van der Waals surface area (Å²) in [5, 5.41) is 0. The Morgan fingerprint density at radius 3 is 2.75 bits per heavy atom. The highest BCUT2D eigenvalue weighted by atomic mass is 16.5. The molecule has 0 amide bonds. The Bertz CT molecular complexity index is 522. The van der Waals surface area contributed by atoms with Crippen LogP contribution in [0.1, 0.15) is 19.8 Å². The monoisotopic (exact) mass is 278 g/mol. The Morgan fingerprint density at radius 1 is 1.40 bits per heavy atom. The molecule has 5 heteroatoms. The van der Waals surface area contributed by atoms with Crippen molar-refractivity contribution < 1.29 is 23.9 Å². The fourth-order valence-corrected chi connectivity index (χ4v) is 4.54. The number of hydrogen-bond acceptors (Lipinski definition) is 5. The zero-order valence-electron chi connectivity index (χ0n) is 11.7. The zero-order valence-corrected chi connectivity index (χ0v) is 11.7. The van der Waals surface area contributed by atoms with Gasteiger partial charge in [0.1, 0.15) is 5.78 Å². The van der Waals surface area contributed by atoms with Crippen LogP contribution in [0, 0.1) is 29.1 Å². The van der Waals surface area contributed by atoms with Gasteiger partial charge in [0.15, 0.2) is 0 Å². The number of carbonyl (C=O) groups excluding carboxylic acids is 3. The van der Waals surface area contributed by atoms with E-state index < -0.39 is 11.4 Å². The van der Waals surface area contributed by atoms with Crippen molar-refractivity contribution in [3.8, 4) is 0 Å². The molecule has 0 aromatic carbocycles. The minimum absolute atomic E-state index is 0.00977. The van der Waals surface area contributed by atoms with E-state index in [2.05, 4.69) is 6.58 Å². The number of cyclic esters (lactones) is 1. The summed E-state index contributed by atoms with van der Waals surface area (Å²) in [5.74, 6) is -1.21. The van der Waals surface area contributed by atoms with Gasteiger partial charge in [0.2, 0.25) is 0 Å². The molecule has 108 valence electrons. The Morgan fingerprint density at radius 2 is 2.10 bits per heavy atom. The molecule has 1 saturated heterocycles. The van der Waals surface area contributed by atoms with Crippen molar-refractivity contribution in [3.05, 3.63) is 12.2 Å². The van der Waals surface area contributed by atoms with Gasteiger partial charge in [0.05, 0.1) is 19.6 Å². The predicted molar refractivity (Wildman–Crippen MR) is 68.4 cm³/mol. The summed E-state index contributed by atoms with van der Waals surface area (Å²) in [6, 6.07) is 0. The van der Waals surface area contributed by atoms with Crippen LogP contribution in [0.25, 0.3) is 0 Å². The largest absolute Gasteiger partial charge is 0.469 e. The van der Waals surface area contributed by atoms with Gasteiger partial charge in [-0.25, -0.2) is 4.79 Å². The van der Waals surface area contributed by atoms with E-state index in [4.69, 9.17) is 9.47 Å². The molecule has 1 spiro atoms. The first-order valence-corrected chi connectivity index (χ1v) is 6.90. The van der Waals surface area contributed by atoms with Gasteiger partial charge in [-0.2, -0.15) is 0 Å². The minimum atomic E-state index is -0.593. The van der Waals surface area contributed by atoms with Crippen LogP contribution < -0.4 is 0 Å². The van der Waals surface area contributed by atoms with Gasteiger partial charge in [-0.1, -0.05) is 13.5 Å². The first kappa shape index (κ1) is 13.3. The molecule has 3 rings (SSSR count). The minimum Gasteiger partial charge on any atom is -0.469 e. The van der Waals surface area contributed by atoms with Crippen LogP contribution in [-0.4, -0.2) is 31.4 Å². The molecule has 5 nitrogen and oxygen atoms in total. The number of rotatable bonds is 1. The number of carbonyl (C=O) groups is 3. The summed E-state index contributed by atoms with van der Waals surface area (Å²) in [6.07, 6.45) is 0.866. The summed E-state index contributed by atoms with van der Waals surface area (Å²) < 4.78 is 10.0. The first-order valence-electron chi connectivity index (χ1n) is 6.90. The summed E-state index contributed by atoms with van der Waals surface area (Å²) in [7, 11) is 1.36. The molecule has 0 unspecified atom stereocenters. The third-order valence-corrected chi connectivity index (χ3v) is 5.60. The molecule has 2 aliphatic carbocycles. The third kappa shape index (κ3) is 1.41. The molecule has 5 atom stereocenters. The quantitative estimate of drug-likeness (QED) is 0.531. The summed E-state index contributed by atoms with van der Waals surface area (Å²) in [4.78, 5) is 36.0. The molecular weight excluding hydrogens is 260 g/mol. The van der Waals surface area contributed by atoms with Gasteiger partial charge in [0, 0.05) is 29.2 Å². The molecule has 3 fully saturated rings. The fourth-order valence-electron chi connectivity index (χ4n) is 4.54. The number of ketones is 1. The molecule has 3 aliphatic rings. The molecule has 1 aliphatic heterocycles. The molecule has 20 heavy (non-hydrogen) atoms. The van der Waals surface area contributed by atoms with Crippen LogP contribution in [-0.2, 0) is 23.9 Å². The van der Waals surface area contributed by atoms with E-state index in [9.17, 15) is 14.4 Å². The predicted octanol–water partition coefficient (Wildman–Crippen LogP) is 1.12. The van der Waals surface area contributed by atoms with Crippen LogP contribution >= 0.6 is 0 Å². The van der Waals surface area contributed by atoms with Gasteiger partial charge in [0.25, 0.3) is 0 Å². The Labute approximate surface area is 117 Å². The molecule has 0 aromatic heterocycles. The third-order valence-electron chi connectivity index (χ3n) is 5.60. The van der Waals surface area contributed by atoms with E-state index in [0.29, 0.717) is 18.4 Å². The van der Waals surface area contributed by atoms with Crippen molar-refractivity contribution >= 4 is 17.7 Å². The lowest BCUT2D eigenvalue weighted by atomic mass is 9.66. The van der Waals surface area contributed by atoms with Gasteiger partial charge in [-0.05, 0) is 12.3 Å². The van der Waals surface area contributed by atoms with Gasteiger partial charge in [-0.15, -0.1) is 0 Å². The summed E-state index contributed by atoms with van der Waals surface area (Å²) in [5.41, 5.74) is -0.229. The molecule has 0 bridgehead atoms. The molecule has 0 aromatic rings. The standard InChI is InChI=1S/C15H18O5/c1-7-10-4-9(14(18)19-3)11-6-20-13(17)8(2)15(10,11)5-12(7)16/h7,9-11H,2,4-6H2,1,3H3/t7-,9-,10-,11+,15-/m1/s1. The Hall–Kier alpha value is -1.65. The lowest BCUT2D eigenvalue weighted by molar-refractivity contribution is -0.157. The number of esters is 2. The van der Waals surface area contributed by atoms with Crippen molar-refractivity contribution in [3.63, 3.8) is 0 Å². The molecular formula is C15H18O5. The van der Waals surface area contributed by atoms with Crippen molar-refractivity contribution in [1.29, 1.82) is 0 Å². The van der Waals surface area contributed by atoms with Crippen molar-refractivity contribution in [2.75, 3.05) is 13.7 Å². The fraction of sp³-hybridized carbons (Fsp3) is 0.667. The smallest absolute Gasteiger partial charge is 0.334 e. The highest BCUT2D eigenvalue weighted by Gasteiger charge is 2.67. The SMILES string of the molecule is C=C1C(=O)OC[C@H]2[C@H](C(=O)OC)C[C@@H]3[C@@H](C)C(=O)C[C@@]132. The first-order chi connectivity index (χ1) is 9.43. The van der Waals surface area contributed by atoms with Crippen LogP contribution in [0.4, 0.5) is 0 Å². The van der Waals surface area contributed by atoms with Crippen molar-refractivity contribution in [2.24, 2.45) is 29.1 Å². The van der Waals surface area contributed by atoms with Crippen LogP contribution in [0.5, 0.6) is 0 Å². The normalized spacial score (nSPS) is 43.0. The topological polar surface area (TPSA) is 69.7 Å². The average molecular weight is 278 g/mol. The zero-order chi connectivity index (χ0) is 14.7. The van der Waals surface area contributed by atoms with Crippen LogP contribution in [0.15, 0.2) is 12.2 Å². The molecule has 0 N–H and O–H groups in total. The Kier molecular flexibility index (Phi) is 2.78. The van der Waals surface area contributed by atoms with E-state index in [0.717, 1.165) is 0 Å². The second-order valence-corrected chi connectivity index (χ2v) is 6.13. The van der Waals surface area contributed by atoms with E-state index in [-0.39, 0.29) is 42.0 Å². The summed E-state index contributed by atoms with van der Waals surface area (Å²) >= 11 is 0. The number of ether oxygens (including phenoxy) is 2. The maximum atomic E-state index is 12.1. The average Bonchev–Trinajstić information content (AvgIpc) is 2.88. The highest BCUT2D eigenvalue weighted by molar-refractivity contribution is 5.95. The van der Waals surface area contributed by atoms with Gasteiger partial charge in [-0.3, -0.25) is 9.59 Å². The second kappa shape index (κ2) is 4.17. The number of hydrogen-bond donors (Lipinski definition) is 0. The van der Waals surface area contributed by atoms with Crippen molar-refractivity contribution in [2.45, 2.75) is 19.8 Å². The highest BCUT2D eigenvalue weighted by Crippen LogP contribution is 2.65. The molecule has 0 radical (unpaired) electrons. The van der Waals surface area contributed by atoms with E-state index in [1.165, 1.54) is 7.11 Å². The number of Topliss-reactive ketones (excluding diaryl/α,β-unsaturated/α-hetero) is 1. The van der Waals surface area contributed by atoms with Gasteiger partial charge >= 0.3 is 11.9 Å². The molecule has 1 heterocycles. The lowest BCUT2D eigenvalue weighted by Crippen LogP contribution is -2.44. The number of methoxy groups -OCH3 is 1. The maximum absolute atomic E-state index is 12.1. The second-order valence-electron chi connectivity index (χ2n) is 6.13. The van der Waals surface area contributed by atoms with Gasteiger partial charge < -0.3 is 9.47 Å². The van der Waals surface area contributed by atoms with Crippen LogP contribution in [0.2, 0.25) is 0 Å². The van der Waals surface area contributed by atoms with Crippen LogP contribution in [0.3, 0.4) is 0 Å². The van der Waals surface area contributed by atoms with E-state index in [1.54, 1.807) is 0 Å². The van der Waals surface area contributed by atoms with E-state index in [1.807, 2.05) is 6.92 Å². The van der Waals surface area contributed by atoms with Crippen molar-refractivity contribution in [1.82, 2.24) is 0 Å². The maximum Gasteiger partial charge on any atom is 0.334 e. The summed E-state index contributed by atoms with van der Waals surface area (Å²) in [6.45, 7) is 5.94. The molecule has 2 saturated carbocycles.